The molecule has 7 heteroatoms. The van der Waals surface area contributed by atoms with E-state index in [1.165, 1.54) is 4.90 Å². The van der Waals surface area contributed by atoms with Crippen molar-refractivity contribution in [3.8, 4) is 0 Å². The minimum atomic E-state index is -1.32. The lowest BCUT2D eigenvalue weighted by molar-refractivity contribution is -0.137. The quantitative estimate of drug-likeness (QED) is 0.762. The largest absolute Gasteiger partial charge is 0.332 e. The van der Waals surface area contributed by atoms with Crippen molar-refractivity contribution < 1.29 is 9.59 Å². The highest BCUT2D eigenvalue weighted by atomic mass is 35.5. The Morgan fingerprint density at radius 3 is 2.57 bits per heavy atom. The van der Waals surface area contributed by atoms with E-state index in [1.807, 2.05) is 31.2 Å². The third-order valence-corrected chi connectivity index (χ3v) is 6.26. The Balaban J connectivity index is 1.76. The molecule has 0 spiro atoms. The van der Waals surface area contributed by atoms with Crippen LogP contribution in [0.4, 0.5) is 5.69 Å². The minimum Gasteiger partial charge on any atom is -0.332 e. The van der Waals surface area contributed by atoms with Gasteiger partial charge in [0.15, 0.2) is 4.87 Å². The highest BCUT2D eigenvalue weighted by molar-refractivity contribution is 6.62. The first-order valence-electron chi connectivity index (χ1n) is 7.39. The van der Waals surface area contributed by atoms with Crippen LogP contribution < -0.4 is 4.90 Å². The fourth-order valence-corrected chi connectivity index (χ4v) is 4.02. The Morgan fingerprint density at radius 1 is 1.35 bits per heavy atom. The van der Waals surface area contributed by atoms with E-state index in [1.54, 1.807) is 11.9 Å². The van der Waals surface area contributed by atoms with Crippen LogP contribution >= 0.6 is 34.8 Å². The van der Waals surface area contributed by atoms with Crippen LogP contribution in [0.5, 0.6) is 0 Å². The zero-order valence-electron chi connectivity index (χ0n) is 12.9. The van der Waals surface area contributed by atoms with Crippen molar-refractivity contribution >= 4 is 52.3 Å². The van der Waals surface area contributed by atoms with Crippen molar-refractivity contribution in [3.63, 3.8) is 0 Å². The molecular formula is C16H17Cl3N2O2. The summed E-state index contributed by atoms with van der Waals surface area (Å²) in [6, 6.07) is 7.19. The van der Waals surface area contributed by atoms with E-state index in [9.17, 15) is 9.59 Å². The molecule has 124 valence electrons. The zero-order valence-corrected chi connectivity index (χ0v) is 15.1. The average molecular weight is 376 g/mol. The van der Waals surface area contributed by atoms with Crippen LogP contribution in [0.25, 0.3) is 0 Å². The molecule has 0 radical (unpaired) electrons. The summed E-state index contributed by atoms with van der Waals surface area (Å²) in [6.45, 7) is 2.54. The number of likely N-dealkylation sites (N-methyl/N-ethyl adjacent to an activating group) is 1. The number of hydrogen-bond donors (Lipinski definition) is 0. The van der Waals surface area contributed by atoms with Crippen LogP contribution in [0, 0.1) is 6.92 Å². The normalized spacial score (nSPS) is 28.8. The number of benzene rings is 1. The van der Waals surface area contributed by atoms with Gasteiger partial charge in [-0.15, -0.1) is 11.6 Å². The van der Waals surface area contributed by atoms with E-state index in [0.717, 1.165) is 11.3 Å². The van der Waals surface area contributed by atoms with Gasteiger partial charge in [0.1, 0.15) is 10.4 Å². The molecule has 3 rings (SSSR count). The van der Waals surface area contributed by atoms with Gasteiger partial charge in [-0.3, -0.25) is 9.59 Å². The van der Waals surface area contributed by atoms with Crippen LogP contribution in [0.2, 0.25) is 0 Å². The maximum Gasteiger partial charge on any atom is 0.249 e. The van der Waals surface area contributed by atoms with Crippen LogP contribution in [0.1, 0.15) is 18.4 Å². The van der Waals surface area contributed by atoms with Gasteiger partial charge < -0.3 is 9.80 Å². The number of carbonyl (C=O) groups excluding carboxylic acids is 2. The first-order chi connectivity index (χ1) is 10.7. The molecule has 1 aliphatic carbocycles. The predicted molar refractivity (Wildman–Crippen MR) is 92.3 cm³/mol. The van der Waals surface area contributed by atoms with E-state index in [4.69, 9.17) is 34.8 Å². The van der Waals surface area contributed by atoms with Gasteiger partial charge in [-0.1, -0.05) is 35.3 Å². The summed E-state index contributed by atoms with van der Waals surface area (Å²) in [5.74, 6) is -0.504. The molecular weight excluding hydrogens is 359 g/mol. The fourth-order valence-electron chi connectivity index (χ4n) is 2.99. The van der Waals surface area contributed by atoms with Gasteiger partial charge in [-0.05, 0) is 31.0 Å². The first kappa shape index (κ1) is 16.9. The SMILES string of the molecule is Cc1cccc(N2CCC(N(C)C(=O)C3(Cl)CC3(Cl)Cl)C2=O)c1. The molecule has 2 amide bonds. The maximum atomic E-state index is 12.7. The number of anilines is 1. The summed E-state index contributed by atoms with van der Waals surface area (Å²) < 4.78 is -1.25. The van der Waals surface area contributed by atoms with Crippen molar-refractivity contribution in [2.45, 2.75) is 35.0 Å². The summed E-state index contributed by atoms with van der Waals surface area (Å²) in [7, 11) is 1.58. The molecule has 0 aromatic heterocycles. The number of nitrogens with zero attached hydrogens (tertiary/aromatic N) is 2. The van der Waals surface area contributed by atoms with Gasteiger partial charge in [-0.2, -0.15) is 0 Å². The molecule has 0 N–H and O–H groups in total. The number of rotatable bonds is 3. The molecule has 2 unspecified atom stereocenters. The summed E-state index contributed by atoms with van der Waals surface area (Å²) in [5.41, 5.74) is 1.92. The maximum absolute atomic E-state index is 12.7. The van der Waals surface area contributed by atoms with Gasteiger partial charge in [0.05, 0.1) is 0 Å². The topological polar surface area (TPSA) is 40.6 Å². The van der Waals surface area contributed by atoms with E-state index >= 15 is 0 Å². The monoisotopic (exact) mass is 374 g/mol. The Hall–Kier alpha value is -0.970. The smallest absolute Gasteiger partial charge is 0.249 e. The van der Waals surface area contributed by atoms with Crippen LogP contribution in [0.15, 0.2) is 24.3 Å². The van der Waals surface area contributed by atoms with Crippen molar-refractivity contribution in [1.82, 2.24) is 4.90 Å². The molecule has 1 saturated heterocycles. The van der Waals surface area contributed by atoms with E-state index in [-0.39, 0.29) is 12.3 Å². The minimum absolute atomic E-state index is 0.109. The highest BCUT2D eigenvalue weighted by Gasteiger charge is 2.72. The number of aryl methyl sites for hydroxylation is 1. The lowest BCUT2D eigenvalue weighted by Gasteiger charge is -2.26. The van der Waals surface area contributed by atoms with Crippen molar-refractivity contribution in [2.75, 3.05) is 18.5 Å². The molecule has 2 fully saturated rings. The number of hydrogen-bond acceptors (Lipinski definition) is 2. The molecule has 4 nitrogen and oxygen atoms in total. The summed E-state index contributed by atoms with van der Waals surface area (Å²) in [4.78, 5) is 27.0. The number of alkyl halides is 3. The second kappa shape index (κ2) is 5.54. The average Bonchev–Trinajstić information content (AvgIpc) is 2.81. The van der Waals surface area contributed by atoms with Crippen LogP contribution in [0.3, 0.4) is 0 Å². The Bertz CT molecular complexity index is 679. The Kier molecular flexibility index (Phi) is 4.06. The molecule has 1 heterocycles. The lowest BCUT2D eigenvalue weighted by atomic mass is 10.2. The lowest BCUT2D eigenvalue weighted by Crippen LogP contribution is -2.47. The molecule has 2 aliphatic rings. The zero-order chi connectivity index (χ0) is 17.0. The van der Waals surface area contributed by atoms with Crippen molar-refractivity contribution in [1.29, 1.82) is 0 Å². The molecule has 2 atom stereocenters. The van der Waals surface area contributed by atoms with Gasteiger partial charge in [0.2, 0.25) is 11.8 Å². The van der Waals surface area contributed by atoms with Crippen molar-refractivity contribution in [3.05, 3.63) is 29.8 Å². The first-order valence-corrected chi connectivity index (χ1v) is 8.53. The van der Waals surface area contributed by atoms with Crippen LogP contribution in [-0.4, -0.2) is 45.6 Å². The number of carbonyl (C=O) groups is 2. The second-order valence-corrected chi connectivity index (χ2v) is 8.36. The molecule has 1 aromatic rings. The standard InChI is InChI=1S/C16H17Cl3N2O2/c1-10-4-3-5-11(8-10)21-7-6-12(13(21)22)20(2)14(23)15(17)9-16(15,18)19/h3-5,8,12H,6-7,9H2,1-2H3. The fraction of sp³-hybridized carbons (Fsp3) is 0.500. The summed E-state index contributed by atoms with van der Waals surface area (Å²) >= 11 is 18.1. The van der Waals surface area contributed by atoms with Gasteiger partial charge >= 0.3 is 0 Å². The second-order valence-electron chi connectivity index (χ2n) is 6.23. The Labute approximate surface area is 150 Å². The number of halogens is 3. The molecule has 0 bridgehead atoms. The van der Waals surface area contributed by atoms with Gasteiger partial charge in [-0.25, -0.2) is 0 Å². The molecule has 23 heavy (non-hydrogen) atoms. The highest BCUT2D eigenvalue weighted by Crippen LogP contribution is 2.62. The molecule has 1 aliphatic heterocycles. The van der Waals surface area contributed by atoms with Crippen LogP contribution in [-0.2, 0) is 9.59 Å². The molecule has 1 saturated carbocycles. The number of amides is 2. The van der Waals surface area contributed by atoms with E-state index in [0.29, 0.717) is 13.0 Å². The van der Waals surface area contributed by atoms with Gasteiger partial charge in [0.25, 0.3) is 0 Å². The molecule has 1 aromatic carbocycles. The van der Waals surface area contributed by atoms with E-state index < -0.39 is 21.2 Å². The van der Waals surface area contributed by atoms with Gasteiger partial charge in [0, 0.05) is 25.7 Å². The summed E-state index contributed by atoms with van der Waals surface area (Å²) in [6.07, 6.45) is 0.746. The summed E-state index contributed by atoms with van der Waals surface area (Å²) in [5, 5.41) is 0. The van der Waals surface area contributed by atoms with E-state index in [2.05, 4.69) is 0 Å². The van der Waals surface area contributed by atoms with Crippen molar-refractivity contribution in [2.24, 2.45) is 0 Å². The predicted octanol–water partition coefficient (Wildman–Crippen LogP) is 3.11. The third-order valence-electron chi connectivity index (χ3n) is 4.54. The third kappa shape index (κ3) is 2.71. The Morgan fingerprint density at radius 2 is 2.00 bits per heavy atom.